The zero-order valence-corrected chi connectivity index (χ0v) is 11.1. The van der Waals surface area contributed by atoms with Gasteiger partial charge in [-0.15, -0.1) is 0 Å². The number of benzene rings is 2. The lowest BCUT2D eigenvalue weighted by Gasteiger charge is -2.11. The molecule has 0 unspecified atom stereocenters. The summed E-state index contributed by atoms with van der Waals surface area (Å²) in [5, 5.41) is 12.5. The monoisotopic (exact) mass is 257 g/mol. The maximum absolute atomic E-state index is 9.12. The van der Waals surface area contributed by atoms with Crippen LogP contribution in [0.1, 0.15) is 16.7 Å². The van der Waals surface area contributed by atoms with Gasteiger partial charge in [0, 0.05) is 19.3 Å². The molecule has 2 N–H and O–H groups in total. The van der Waals surface area contributed by atoms with E-state index in [0.717, 1.165) is 17.8 Å². The zero-order chi connectivity index (χ0) is 13.5. The van der Waals surface area contributed by atoms with E-state index in [-0.39, 0.29) is 6.61 Å². The Balaban J connectivity index is 2.05. The van der Waals surface area contributed by atoms with Gasteiger partial charge in [-0.2, -0.15) is 0 Å². The highest BCUT2D eigenvalue weighted by Crippen LogP contribution is 2.15. The molecule has 0 bridgehead atoms. The SMILES string of the molecule is COCc1ccccc1CNc1cccc(CO)c1. The molecule has 19 heavy (non-hydrogen) atoms. The van der Waals surface area contributed by atoms with Gasteiger partial charge < -0.3 is 15.2 Å². The van der Waals surface area contributed by atoms with Crippen molar-refractivity contribution >= 4 is 5.69 Å². The van der Waals surface area contributed by atoms with Crippen molar-refractivity contribution in [2.24, 2.45) is 0 Å². The fraction of sp³-hybridized carbons (Fsp3) is 0.250. The van der Waals surface area contributed by atoms with Crippen molar-refractivity contribution in [2.75, 3.05) is 12.4 Å². The summed E-state index contributed by atoms with van der Waals surface area (Å²) in [5.74, 6) is 0. The van der Waals surface area contributed by atoms with Gasteiger partial charge in [0.05, 0.1) is 13.2 Å². The molecule has 2 rings (SSSR count). The summed E-state index contributed by atoms with van der Waals surface area (Å²) < 4.78 is 5.20. The Kier molecular flexibility index (Phi) is 4.95. The minimum Gasteiger partial charge on any atom is -0.392 e. The highest BCUT2D eigenvalue weighted by atomic mass is 16.5. The molecule has 0 aliphatic heterocycles. The number of hydrogen-bond donors (Lipinski definition) is 2. The molecule has 100 valence electrons. The summed E-state index contributed by atoms with van der Waals surface area (Å²) in [7, 11) is 1.70. The number of rotatable bonds is 6. The van der Waals surface area contributed by atoms with Crippen molar-refractivity contribution in [1.82, 2.24) is 0 Å². The summed E-state index contributed by atoms with van der Waals surface area (Å²) in [6.07, 6.45) is 0. The molecule has 3 nitrogen and oxygen atoms in total. The molecule has 0 saturated heterocycles. The number of ether oxygens (including phenoxy) is 1. The van der Waals surface area contributed by atoms with Gasteiger partial charge >= 0.3 is 0 Å². The van der Waals surface area contributed by atoms with Crippen LogP contribution in [-0.4, -0.2) is 12.2 Å². The highest BCUT2D eigenvalue weighted by molar-refractivity contribution is 5.46. The summed E-state index contributed by atoms with van der Waals surface area (Å²) in [6.45, 7) is 1.43. The minimum absolute atomic E-state index is 0.0653. The number of hydrogen-bond acceptors (Lipinski definition) is 3. The fourth-order valence-corrected chi connectivity index (χ4v) is 2.00. The van der Waals surface area contributed by atoms with Crippen LogP contribution in [0.2, 0.25) is 0 Å². The van der Waals surface area contributed by atoms with E-state index in [4.69, 9.17) is 9.84 Å². The Morgan fingerprint density at radius 3 is 2.58 bits per heavy atom. The summed E-state index contributed by atoms with van der Waals surface area (Å²) in [4.78, 5) is 0. The van der Waals surface area contributed by atoms with Crippen LogP contribution < -0.4 is 5.32 Å². The molecule has 0 radical (unpaired) electrons. The van der Waals surface area contributed by atoms with E-state index in [2.05, 4.69) is 17.4 Å². The van der Waals surface area contributed by atoms with Crippen LogP contribution in [0.25, 0.3) is 0 Å². The number of aliphatic hydroxyl groups excluding tert-OH is 1. The van der Waals surface area contributed by atoms with Gasteiger partial charge in [-0.25, -0.2) is 0 Å². The predicted octanol–water partition coefficient (Wildman–Crippen LogP) is 2.94. The maximum Gasteiger partial charge on any atom is 0.0716 e. The third-order valence-electron chi connectivity index (χ3n) is 3.01. The fourth-order valence-electron chi connectivity index (χ4n) is 2.00. The summed E-state index contributed by atoms with van der Waals surface area (Å²) >= 11 is 0. The van der Waals surface area contributed by atoms with Gasteiger partial charge in [-0.1, -0.05) is 36.4 Å². The van der Waals surface area contributed by atoms with Crippen molar-refractivity contribution in [3.05, 3.63) is 65.2 Å². The molecule has 2 aromatic rings. The predicted molar refractivity (Wildman–Crippen MR) is 76.8 cm³/mol. The molecule has 2 aromatic carbocycles. The second-order valence-electron chi connectivity index (χ2n) is 4.41. The molecule has 0 spiro atoms. The quantitative estimate of drug-likeness (QED) is 0.836. The van der Waals surface area contributed by atoms with E-state index in [1.165, 1.54) is 11.1 Å². The lowest BCUT2D eigenvalue weighted by atomic mass is 10.1. The van der Waals surface area contributed by atoms with E-state index in [1.54, 1.807) is 7.11 Å². The zero-order valence-electron chi connectivity index (χ0n) is 11.1. The Morgan fingerprint density at radius 2 is 1.84 bits per heavy atom. The Bertz CT molecular complexity index is 526. The Hall–Kier alpha value is -1.84. The van der Waals surface area contributed by atoms with E-state index in [1.807, 2.05) is 36.4 Å². The number of aliphatic hydroxyl groups is 1. The van der Waals surface area contributed by atoms with Crippen LogP contribution in [0.3, 0.4) is 0 Å². The highest BCUT2D eigenvalue weighted by Gasteiger charge is 2.01. The Morgan fingerprint density at radius 1 is 1.05 bits per heavy atom. The third-order valence-corrected chi connectivity index (χ3v) is 3.01. The van der Waals surface area contributed by atoms with E-state index < -0.39 is 0 Å². The van der Waals surface area contributed by atoms with Gasteiger partial charge in [0.2, 0.25) is 0 Å². The molecule has 0 amide bonds. The summed E-state index contributed by atoms with van der Waals surface area (Å²) in [6, 6.07) is 16.0. The smallest absolute Gasteiger partial charge is 0.0716 e. The maximum atomic E-state index is 9.12. The van der Waals surface area contributed by atoms with Gasteiger partial charge in [0.15, 0.2) is 0 Å². The molecular weight excluding hydrogens is 238 g/mol. The van der Waals surface area contributed by atoms with E-state index in [0.29, 0.717) is 6.61 Å². The first-order valence-corrected chi connectivity index (χ1v) is 6.33. The molecule has 0 heterocycles. The molecule has 3 heteroatoms. The van der Waals surface area contributed by atoms with Crippen LogP contribution in [0, 0.1) is 0 Å². The van der Waals surface area contributed by atoms with Crippen molar-refractivity contribution in [3.8, 4) is 0 Å². The second kappa shape index (κ2) is 6.92. The normalized spacial score (nSPS) is 10.4. The molecule has 0 aliphatic rings. The van der Waals surface area contributed by atoms with E-state index >= 15 is 0 Å². The van der Waals surface area contributed by atoms with Crippen LogP contribution in [-0.2, 0) is 24.5 Å². The lowest BCUT2D eigenvalue weighted by Crippen LogP contribution is -2.03. The van der Waals surface area contributed by atoms with Gasteiger partial charge in [-0.05, 0) is 28.8 Å². The molecule has 0 fully saturated rings. The van der Waals surface area contributed by atoms with Crippen LogP contribution in [0.4, 0.5) is 5.69 Å². The van der Waals surface area contributed by atoms with Gasteiger partial charge in [-0.3, -0.25) is 0 Å². The molecule has 0 saturated carbocycles. The lowest BCUT2D eigenvalue weighted by molar-refractivity contribution is 0.184. The second-order valence-corrected chi connectivity index (χ2v) is 4.41. The average molecular weight is 257 g/mol. The van der Waals surface area contributed by atoms with Crippen molar-refractivity contribution < 1.29 is 9.84 Å². The topological polar surface area (TPSA) is 41.5 Å². The first kappa shape index (κ1) is 13.6. The molecule has 0 aromatic heterocycles. The number of methoxy groups -OCH3 is 1. The van der Waals surface area contributed by atoms with Crippen molar-refractivity contribution in [2.45, 2.75) is 19.8 Å². The van der Waals surface area contributed by atoms with E-state index in [9.17, 15) is 0 Å². The summed E-state index contributed by atoms with van der Waals surface area (Å²) in [5.41, 5.74) is 4.34. The first-order valence-electron chi connectivity index (χ1n) is 6.33. The van der Waals surface area contributed by atoms with Crippen LogP contribution >= 0.6 is 0 Å². The molecule has 0 aliphatic carbocycles. The largest absolute Gasteiger partial charge is 0.392 e. The van der Waals surface area contributed by atoms with Gasteiger partial charge in [0.1, 0.15) is 0 Å². The van der Waals surface area contributed by atoms with Crippen molar-refractivity contribution in [1.29, 1.82) is 0 Å². The van der Waals surface area contributed by atoms with Crippen molar-refractivity contribution in [3.63, 3.8) is 0 Å². The van der Waals surface area contributed by atoms with Crippen LogP contribution in [0.15, 0.2) is 48.5 Å². The Labute approximate surface area is 113 Å². The van der Waals surface area contributed by atoms with Gasteiger partial charge in [0.25, 0.3) is 0 Å². The number of nitrogens with one attached hydrogen (secondary N) is 1. The molecular formula is C16H19NO2. The standard InChI is InChI=1S/C16H19NO2/c1-19-12-15-7-3-2-6-14(15)10-17-16-8-4-5-13(9-16)11-18/h2-9,17-18H,10-12H2,1H3. The first-order chi connectivity index (χ1) is 9.33. The molecule has 0 atom stereocenters. The minimum atomic E-state index is 0.0653. The average Bonchev–Trinajstić information content (AvgIpc) is 2.47. The third kappa shape index (κ3) is 3.81. The van der Waals surface area contributed by atoms with Crippen LogP contribution in [0.5, 0.6) is 0 Å². The number of anilines is 1.